The molecule has 0 saturated heterocycles. The van der Waals surface area contributed by atoms with Crippen LogP contribution in [0, 0.1) is 0 Å². The molecule has 86 valence electrons. The molecule has 1 aromatic carbocycles. The Morgan fingerprint density at radius 3 is 2.00 bits per heavy atom. The van der Waals surface area contributed by atoms with Gasteiger partial charge < -0.3 is 0 Å². The molecule has 0 heterocycles. The molecule has 15 heavy (non-hydrogen) atoms. The van der Waals surface area contributed by atoms with Gasteiger partial charge in [0, 0.05) is 0 Å². The lowest BCUT2D eigenvalue weighted by Gasteiger charge is -2.11. The van der Waals surface area contributed by atoms with Crippen molar-refractivity contribution in [3.63, 3.8) is 0 Å². The van der Waals surface area contributed by atoms with Gasteiger partial charge in [0.25, 0.3) is 0 Å². The van der Waals surface area contributed by atoms with Crippen LogP contribution < -0.4 is 0 Å². The van der Waals surface area contributed by atoms with Gasteiger partial charge in [-0.2, -0.15) is 0 Å². The molecule has 1 rings (SSSR count). The Bertz CT molecular complexity index is 269. The Kier molecular flexibility index (Phi) is 7.96. The Hall–Kier alpha value is -0.860. The smallest absolute Gasteiger partial charge is 0.0279 e. The molecule has 0 amide bonds. The van der Waals surface area contributed by atoms with Gasteiger partial charge in [0.2, 0.25) is 0 Å². The lowest BCUT2D eigenvalue weighted by atomic mass is 9.95. The lowest BCUT2D eigenvalue weighted by molar-refractivity contribution is -0.176. The second-order valence-electron chi connectivity index (χ2n) is 3.51. The van der Waals surface area contributed by atoms with Crippen LogP contribution in [0.1, 0.15) is 43.9 Å². The van der Waals surface area contributed by atoms with Crippen molar-refractivity contribution in [1.29, 1.82) is 0 Å². The van der Waals surface area contributed by atoms with E-state index in [-0.39, 0.29) is 0 Å². The van der Waals surface area contributed by atoms with E-state index in [2.05, 4.69) is 39.0 Å². The maximum absolute atomic E-state index is 6.00. The molecule has 0 aliphatic rings. The predicted octanol–water partition coefficient (Wildman–Crippen LogP) is 3.78. The van der Waals surface area contributed by atoms with Gasteiger partial charge in [0.05, 0.1) is 0 Å². The first-order valence-electron chi connectivity index (χ1n) is 5.63. The summed E-state index contributed by atoms with van der Waals surface area (Å²) in [6, 6.07) is 6.74. The maximum Gasteiger partial charge on any atom is -0.0279 e. The molecule has 0 saturated carbocycles. The minimum Gasteiger partial charge on any atom is -0.255 e. The third kappa shape index (κ3) is 4.02. The van der Waals surface area contributed by atoms with Crippen molar-refractivity contribution < 1.29 is 10.5 Å². The molecule has 0 unspecified atom stereocenters. The summed E-state index contributed by atoms with van der Waals surface area (Å²) in [5.41, 5.74) is 4.68. The summed E-state index contributed by atoms with van der Waals surface area (Å²) in [6.45, 7) is 6.75. The molecule has 0 aliphatic carbocycles. The van der Waals surface area contributed by atoms with Gasteiger partial charge in [0.15, 0.2) is 0 Å². The minimum absolute atomic E-state index is 1.17. The molecule has 1 aromatic rings. The van der Waals surface area contributed by atoms with Crippen LogP contribution in [0.15, 0.2) is 18.2 Å². The molecular weight excluding hydrogens is 188 g/mol. The van der Waals surface area contributed by atoms with Crippen LogP contribution in [0.3, 0.4) is 0 Å². The van der Waals surface area contributed by atoms with E-state index in [0.717, 1.165) is 0 Å². The molecule has 0 fully saturated rings. The first kappa shape index (κ1) is 14.1. The van der Waals surface area contributed by atoms with Crippen LogP contribution in [-0.2, 0) is 19.3 Å². The van der Waals surface area contributed by atoms with Gasteiger partial charge in [-0.1, -0.05) is 45.4 Å². The van der Waals surface area contributed by atoms with Crippen molar-refractivity contribution in [2.24, 2.45) is 0 Å². The van der Waals surface area contributed by atoms with Gasteiger partial charge in [-0.15, -0.1) is 0 Å². The van der Waals surface area contributed by atoms with Crippen LogP contribution in [0.4, 0.5) is 0 Å². The van der Waals surface area contributed by atoms with E-state index in [9.17, 15) is 0 Å². The summed E-state index contributed by atoms with van der Waals surface area (Å²) in [5.74, 6) is 0. The van der Waals surface area contributed by atoms with Gasteiger partial charge in [-0.25, -0.2) is 0 Å². The highest BCUT2D eigenvalue weighted by molar-refractivity contribution is 5.35. The Labute approximate surface area is 92.5 Å². The van der Waals surface area contributed by atoms with Gasteiger partial charge >= 0.3 is 0 Å². The van der Waals surface area contributed by atoms with E-state index in [1.54, 1.807) is 11.1 Å². The minimum atomic E-state index is 1.17. The SMILES string of the molecule is CCCc1cccc(CC)c1CC.OO. The lowest BCUT2D eigenvalue weighted by Crippen LogP contribution is -1.97. The van der Waals surface area contributed by atoms with Crippen molar-refractivity contribution in [3.8, 4) is 0 Å². The van der Waals surface area contributed by atoms with Crippen molar-refractivity contribution >= 4 is 0 Å². The van der Waals surface area contributed by atoms with Crippen molar-refractivity contribution in [1.82, 2.24) is 0 Å². The second kappa shape index (κ2) is 8.45. The Morgan fingerprint density at radius 2 is 1.53 bits per heavy atom. The average Bonchev–Trinajstić information content (AvgIpc) is 2.31. The largest absolute Gasteiger partial charge is 0.255 e. The highest BCUT2D eigenvalue weighted by atomic mass is 17.0. The Balaban J connectivity index is 0.000000921. The van der Waals surface area contributed by atoms with Gasteiger partial charge in [-0.3, -0.25) is 10.5 Å². The average molecular weight is 210 g/mol. The molecule has 0 spiro atoms. The molecule has 0 bridgehead atoms. The molecule has 2 N–H and O–H groups in total. The molecule has 2 nitrogen and oxygen atoms in total. The summed E-state index contributed by atoms with van der Waals surface area (Å²) in [7, 11) is 0. The number of rotatable bonds is 4. The zero-order valence-electron chi connectivity index (χ0n) is 9.95. The second-order valence-corrected chi connectivity index (χ2v) is 3.51. The van der Waals surface area contributed by atoms with Crippen LogP contribution in [0.5, 0.6) is 0 Å². The van der Waals surface area contributed by atoms with E-state index in [4.69, 9.17) is 10.5 Å². The summed E-state index contributed by atoms with van der Waals surface area (Å²) in [6.07, 6.45) is 4.83. The van der Waals surface area contributed by atoms with Gasteiger partial charge in [0.1, 0.15) is 0 Å². The van der Waals surface area contributed by atoms with Crippen molar-refractivity contribution in [2.75, 3.05) is 0 Å². The van der Waals surface area contributed by atoms with E-state index >= 15 is 0 Å². The first-order valence-corrected chi connectivity index (χ1v) is 5.63. The van der Waals surface area contributed by atoms with Crippen LogP contribution in [0.2, 0.25) is 0 Å². The van der Waals surface area contributed by atoms with Crippen molar-refractivity contribution in [2.45, 2.75) is 46.5 Å². The van der Waals surface area contributed by atoms with Crippen LogP contribution >= 0.6 is 0 Å². The Morgan fingerprint density at radius 1 is 0.933 bits per heavy atom. The van der Waals surface area contributed by atoms with E-state index in [1.165, 1.54) is 31.2 Å². The topological polar surface area (TPSA) is 40.5 Å². The number of benzene rings is 1. The molecule has 0 radical (unpaired) electrons. The zero-order valence-corrected chi connectivity index (χ0v) is 9.95. The zero-order chi connectivity index (χ0) is 11.7. The normalized spacial score (nSPS) is 9.40. The summed E-state index contributed by atoms with van der Waals surface area (Å²) >= 11 is 0. The fourth-order valence-electron chi connectivity index (χ4n) is 1.98. The fourth-order valence-corrected chi connectivity index (χ4v) is 1.98. The molecule has 0 atom stereocenters. The van der Waals surface area contributed by atoms with E-state index in [0.29, 0.717) is 0 Å². The quantitative estimate of drug-likeness (QED) is 0.586. The van der Waals surface area contributed by atoms with Crippen LogP contribution in [0.25, 0.3) is 0 Å². The molecule has 2 heteroatoms. The maximum atomic E-state index is 6.00. The monoisotopic (exact) mass is 210 g/mol. The number of hydrogen-bond donors (Lipinski definition) is 2. The molecular formula is C13H22O2. The summed E-state index contributed by atoms with van der Waals surface area (Å²) in [5, 5.41) is 12.0. The van der Waals surface area contributed by atoms with Crippen molar-refractivity contribution in [3.05, 3.63) is 34.9 Å². The molecule has 0 aromatic heterocycles. The van der Waals surface area contributed by atoms with Crippen LogP contribution in [-0.4, -0.2) is 10.5 Å². The standard InChI is InChI=1S/C13H20.H2O2/c1-4-8-12-10-7-9-11(5-2)13(12)6-3;1-2/h7,9-10H,4-6,8H2,1-3H3;1-2H. The third-order valence-electron chi connectivity index (χ3n) is 2.62. The number of aryl methyl sites for hydroxylation is 2. The summed E-state index contributed by atoms with van der Waals surface area (Å²) in [4.78, 5) is 0. The first-order chi connectivity index (χ1) is 7.33. The third-order valence-corrected chi connectivity index (χ3v) is 2.62. The van der Waals surface area contributed by atoms with E-state index < -0.39 is 0 Å². The highest BCUT2D eigenvalue weighted by Crippen LogP contribution is 2.17. The molecule has 0 aliphatic heterocycles. The van der Waals surface area contributed by atoms with Gasteiger partial charge in [-0.05, 0) is 36.0 Å². The number of hydrogen-bond acceptors (Lipinski definition) is 2. The van der Waals surface area contributed by atoms with E-state index in [1.807, 2.05) is 0 Å². The summed E-state index contributed by atoms with van der Waals surface area (Å²) < 4.78 is 0. The predicted molar refractivity (Wildman–Crippen MR) is 64.5 cm³/mol. The fraction of sp³-hybridized carbons (Fsp3) is 0.538. The highest BCUT2D eigenvalue weighted by Gasteiger charge is 2.03.